The predicted octanol–water partition coefficient (Wildman–Crippen LogP) is 1.06. The lowest BCUT2D eigenvalue weighted by atomic mass is 10.2. The van der Waals surface area contributed by atoms with Crippen LogP contribution >= 0.6 is 0 Å². The van der Waals surface area contributed by atoms with Crippen LogP contribution in [-0.4, -0.2) is 59.9 Å². The van der Waals surface area contributed by atoms with Crippen LogP contribution in [0.5, 0.6) is 5.88 Å². The summed E-state index contributed by atoms with van der Waals surface area (Å²) in [6.07, 6.45) is 1.32. The topological polar surface area (TPSA) is 132 Å². The Morgan fingerprint density at radius 3 is 2.93 bits per heavy atom. The highest BCUT2D eigenvalue weighted by atomic mass is 16.6. The number of nitrogens with one attached hydrogen (secondary N) is 1. The largest absolute Gasteiger partial charge is 0.467 e. The lowest BCUT2D eigenvalue weighted by molar-refractivity contribution is -0.384. The second-order valence-corrected chi connectivity index (χ2v) is 6.18. The summed E-state index contributed by atoms with van der Waals surface area (Å²) < 4.78 is 10.8. The van der Waals surface area contributed by atoms with Gasteiger partial charge in [-0.15, -0.1) is 0 Å². The van der Waals surface area contributed by atoms with Crippen molar-refractivity contribution in [2.45, 2.75) is 6.92 Å². The summed E-state index contributed by atoms with van der Waals surface area (Å²) in [5, 5.41) is 14.5. The minimum atomic E-state index is -0.501. The molecule has 0 spiro atoms. The third kappa shape index (κ3) is 5.94. The first-order valence-corrected chi connectivity index (χ1v) is 8.89. The van der Waals surface area contributed by atoms with E-state index in [4.69, 9.17) is 9.47 Å². The fourth-order valence-corrected chi connectivity index (χ4v) is 2.57. The van der Waals surface area contributed by atoms with Gasteiger partial charge in [-0.05, 0) is 6.92 Å². The number of hydrogen-bond acceptors (Lipinski definition) is 9. The number of aryl methyl sites for hydroxylation is 1. The molecule has 2 aromatic rings. The van der Waals surface area contributed by atoms with Crippen molar-refractivity contribution < 1.29 is 19.2 Å². The summed E-state index contributed by atoms with van der Waals surface area (Å²) >= 11 is 0. The summed E-state index contributed by atoms with van der Waals surface area (Å²) in [7, 11) is 0. The number of morpholine rings is 1. The number of anilines is 1. The molecule has 0 aliphatic carbocycles. The Kier molecular flexibility index (Phi) is 6.63. The number of amides is 1. The maximum Gasteiger partial charge on any atom is 0.278 e. The lowest BCUT2D eigenvalue weighted by Crippen LogP contribution is -2.37. The van der Waals surface area contributed by atoms with E-state index in [1.807, 2.05) is 11.8 Å². The van der Waals surface area contributed by atoms with Gasteiger partial charge in [0.15, 0.2) is 6.61 Å². The van der Waals surface area contributed by atoms with E-state index >= 15 is 0 Å². The van der Waals surface area contributed by atoms with Crippen molar-refractivity contribution in [1.82, 2.24) is 15.4 Å². The van der Waals surface area contributed by atoms with E-state index in [1.54, 1.807) is 12.1 Å². The average Bonchev–Trinajstić information content (AvgIpc) is 2.73. The smallest absolute Gasteiger partial charge is 0.278 e. The van der Waals surface area contributed by atoms with Crippen LogP contribution in [0.25, 0.3) is 0 Å². The maximum atomic E-state index is 11.9. The third-order valence-corrected chi connectivity index (χ3v) is 3.95. The van der Waals surface area contributed by atoms with E-state index in [2.05, 4.69) is 20.5 Å². The minimum absolute atomic E-state index is 0.0567. The van der Waals surface area contributed by atoms with Gasteiger partial charge in [0.25, 0.3) is 11.6 Å². The normalized spacial score (nSPS) is 14.0. The Balaban J connectivity index is 1.53. The van der Waals surface area contributed by atoms with Gasteiger partial charge >= 0.3 is 0 Å². The molecule has 1 saturated heterocycles. The Morgan fingerprint density at radius 1 is 1.38 bits per heavy atom. The molecular weight excluding hydrogens is 380 g/mol. The molecule has 1 amide bonds. The Bertz CT molecular complexity index is 913. The van der Waals surface area contributed by atoms with E-state index in [0.29, 0.717) is 37.8 Å². The van der Waals surface area contributed by atoms with Crippen molar-refractivity contribution in [3.8, 4) is 5.88 Å². The highest BCUT2D eigenvalue weighted by Gasteiger charge is 2.15. The number of benzene rings is 1. The number of nitrogens with zero attached hydrogens (tertiary/aromatic N) is 5. The molecule has 0 atom stereocenters. The second kappa shape index (κ2) is 9.55. The van der Waals surface area contributed by atoms with Gasteiger partial charge < -0.3 is 14.4 Å². The predicted molar refractivity (Wildman–Crippen MR) is 104 cm³/mol. The van der Waals surface area contributed by atoms with Crippen LogP contribution in [0, 0.1) is 17.0 Å². The molecule has 1 aromatic heterocycles. The molecule has 2 heterocycles. The number of ether oxygens (including phenoxy) is 2. The third-order valence-electron chi connectivity index (χ3n) is 3.95. The van der Waals surface area contributed by atoms with Crippen LogP contribution in [0.1, 0.15) is 11.3 Å². The zero-order valence-corrected chi connectivity index (χ0v) is 15.8. The summed E-state index contributed by atoms with van der Waals surface area (Å²) in [6, 6.07) is 7.54. The Morgan fingerprint density at radius 2 is 2.17 bits per heavy atom. The van der Waals surface area contributed by atoms with E-state index in [0.717, 1.165) is 5.69 Å². The molecule has 152 valence electrons. The van der Waals surface area contributed by atoms with Crippen molar-refractivity contribution in [1.29, 1.82) is 0 Å². The summed E-state index contributed by atoms with van der Waals surface area (Å²) in [4.78, 5) is 32.9. The van der Waals surface area contributed by atoms with Gasteiger partial charge in [0.1, 0.15) is 0 Å². The number of rotatable bonds is 7. The van der Waals surface area contributed by atoms with Gasteiger partial charge in [0.05, 0.1) is 24.4 Å². The monoisotopic (exact) mass is 400 g/mol. The first-order chi connectivity index (χ1) is 14.0. The van der Waals surface area contributed by atoms with Crippen molar-refractivity contribution >= 4 is 23.8 Å². The van der Waals surface area contributed by atoms with Gasteiger partial charge in [-0.25, -0.2) is 10.4 Å². The zero-order valence-electron chi connectivity index (χ0n) is 15.8. The standard InChI is InChI=1S/C18H20N6O5/c1-13-9-17(21-18(20-13)23-5-7-28-8-6-23)29-12-16(25)22-19-11-14-3-2-4-15(10-14)24(26)27/h2-4,9-11H,5-8,12H2,1H3,(H,22,25). The van der Waals surface area contributed by atoms with Gasteiger partial charge in [-0.1, -0.05) is 12.1 Å². The van der Waals surface area contributed by atoms with Gasteiger partial charge in [0, 0.05) is 42.5 Å². The first kappa shape index (κ1) is 20.1. The zero-order chi connectivity index (χ0) is 20.6. The summed E-state index contributed by atoms with van der Waals surface area (Å²) in [6.45, 7) is 4.13. The number of nitro benzene ring substituents is 1. The number of hydrazone groups is 1. The Labute approximate surface area is 166 Å². The van der Waals surface area contributed by atoms with Crippen molar-refractivity contribution in [3.63, 3.8) is 0 Å². The molecular formula is C18H20N6O5. The van der Waals surface area contributed by atoms with Crippen molar-refractivity contribution in [2.75, 3.05) is 37.8 Å². The number of non-ortho nitro benzene ring substituents is 1. The van der Waals surface area contributed by atoms with Crippen LogP contribution in [0.4, 0.5) is 11.6 Å². The molecule has 1 fully saturated rings. The quantitative estimate of drug-likeness (QED) is 0.414. The first-order valence-electron chi connectivity index (χ1n) is 8.89. The second-order valence-electron chi connectivity index (χ2n) is 6.18. The molecule has 3 rings (SSSR count). The average molecular weight is 400 g/mol. The molecule has 1 N–H and O–H groups in total. The lowest BCUT2D eigenvalue weighted by Gasteiger charge is -2.27. The number of aromatic nitrogens is 2. The highest BCUT2D eigenvalue weighted by Crippen LogP contribution is 2.16. The van der Waals surface area contributed by atoms with Crippen molar-refractivity contribution in [2.24, 2.45) is 5.10 Å². The maximum absolute atomic E-state index is 11.9. The molecule has 1 aliphatic rings. The van der Waals surface area contributed by atoms with Crippen LogP contribution in [0.15, 0.2) is 35.4 Å². The van der Waals surface area contributed by atoms with E-state index in [-0.39, 0.29) is 18.2 Å². The Hall–Kier alpha value is -3.60. The van der Waals surface area contributed by atoms with Gasteiger partial charge in [-0.2, -0.15) is 10.1 Å². The summed E-state index contributed by atoms with van der Waals surface area (Å²) in [5.41, 5.74) is 3.46. The van der Waals surface area contributed by atoms with Gasteiger partial charge in [-0.3, -0.25) is 14.9 Å². The highest BCUT2D eigenvalue weighted by molar-refractivity contribution is 5.83. The summed E-state index contributed by atoms with van der Waals surface area (Å²) in [5.74, 6) is 0.333. The number of hydrogen-bond donors (Lipinski definition) is 1. The van der Waals surface area contributed by atoms with Crippen LogP contribution in [0.3, 0.4) is 0 Å². The number of carbonyl (C=O) groups excluding carboxylic acids is 1. The fourth-order valence-electron chi connectivity index (χ4n) is 2.57. The van der Waals surface area contributed by atoms with Gasteiger partial charge in [0.2, 0.25) is 11.8 Å². The van der Waals surface area contributed by atoms with E-state index in [9.17, 15) is 14.9 Å². The molecule has 0 radical (unpaired) electrons. The van der Waals surface area contributed by atoms with Crippen LogP contribution in [-0.2, 0) is 9.53 Å². The molecule has 29 heavy (non-hydrogen) atoms. The number of carbonyl (C=O) groups is 1. The van der Waals surface area contributed by atoms with Crippen LogP contribution in [0.2, 0.25) is 0 Å². The minimum Gasteiger partial charge on any atom is -0.467 e. The molecule has 1 aromatic carbocycles. The SMILES string of the molecule is Cc1cc(OCC(=O)NN=Cc2cccc([N+](=O)[O-])c2)nc(N2CCOCC2)n1. The fraction of sp³-hybridized carbons (Fsp3) is 0.333. The van der Waals surface area contributed by atoms with Crippen molar-refractivity contribution in [3.05, 3.63) is 51.7 Å². The van der Waals surface area contributed by atoms with Crippen LogP contribution < -0.4 is 15.1 Å². The molecule has 11 nitrogen and oxygen atoms in total. The molecule has 0 bridgehead atoms. The molecule has 11 heteroatoms. The molecule has 0 saturated carbocycles. The van der Waals surface area contributed by atoms with E-state index in [1.165, 1.54) is 24.4 Å². The molecule has 0 unspecified atom stereocenters. The number of nitro groups is 1. The van der Waals surface area contributed by atoms with E-state index < -0.39 is 10.8 Å². The molecule has 1 aliphatic heterocycles.